The Bertz CT molecular complexity index is 195. The van der Waals surface area contributed by atoms with Crippen molar-refractivity contribution in [3.63, 3.8) is 0 Å². The smallest absolute Gasteiger partial charge is 0.0593 e. The number of rotatable bonds is 11. The molecule has 0 bridgehead atoms. The summed E-state index contributed by atoms with van der Waals surface area (Å²) in [6.45, 7) is 11.5. The zero-order valence-electron chi connectivity index (χ0n) is 12.9. The molecule has 1 rings (SSSR count). The van der Waals surface area contributed by atoms with Crippen molar-refractivity contribution in [2.45, 2.75) is 32.6 Å². The van der Waals surface area contributed by atoms with Crippen LogP contribution in [0.3, 0.4) is 0 Å². The van der Waals surface area contributed by atoms with E-state index in [2.05, 4.69) is 23.8 Å². The maximum Gasteiger partial charge on any atom is 0.0593 e. The number of hydrogen-bond donors (Lipinski definition) is 0. The van der Waals surface area contributed by atoms with E-state index in [4.69, 9.17) is 9.47 Å². The Morgan fingerprint density at radius 3 is 2.11 bits per heavy atom. The summed E-state index contributed by atoms with van der Waals surface area (Å²) in [4.78, 5) is 4.87. The fraction of sp³-hybridized carbons (Fsp3) is 1.00. The van der Waals surface area contributed by atoms with Gasteiger partial charge in [-0.25, -0.2) is 0 Å². The zero-order valence-corrected chi connectivity index (χ0v) is 12.9. The molecule has 0 spiro atoms. The van der Waals surface area contributed by atoms with Gasteiger partial charge >= 0.3 is 0 Å². The summed E-state index contributed by atoms with van der Waals surface area (Å²) in [5.41, 5.74) is 0. The van der Waals surface area contributed by atoms with Gasteiger partial charge in [-0.3, -0.25) is 4.90 Å². The minimum atomic E-state index is 0.835. The third-order valence-corrected chi connectivity index (χ3v) is 3.62. The van der Waals surface area contributed by atoms with Crippen molar-refractivity contribution in [3.8, 4) is 0 Å². The van der Waals surface area contributed by atoms with E-state index in [-0.39, 0.29) is 0 Å². The molecular weight excluding hydrogens is 240 g/mol. The van der Waals surface area contributed by atoms with Gasteiger partial charge in [-0.05, 0) is 19.9 Å². The van der Waals surface area contributed by atoms with Crippen molar-refractivity contribution in [2.24, 2.45) is 0 Å². The van der Waals surface area contributed by atoms with Crippen LogP contribution in [0.15, 0.2) is 0 Å². The molecule has 0 aromatic carbocycles. The molecule has 0 saturated carbocycles. The van der Waals surface area contributed by atoms with E-state index >= 15 is 0 Å². The van der Waals surface area contributed by atoms with Crippen LogP contribution in [0.5, 0.6) is 0 Å². The van der Waals surface area contributed by atoms with Crippen molar-refractivity contribution >= 4 is 0 Å². The molecule has 1 heterocycles. The van der Waals surface area contributed by atoms with Crippen LogP contribution >= 0.6 is 0 Å². The van der Waals surface area contributed by atoms with Gasteiger partial charge in [0.05, 0.1) is 6.61 Å². The van der Waals surface area contributed by atoms with Gasteiger partial charge in [0.15, 0.2) is 0 Å². The highest BCUT2D eigenvalue weighted by atomic mass is 16.5. The Hall–Kier alpha value is -0.160. The van der Waals surface area contributed by atoms with Crippen LogP contribution in [0.2, 0.25) is 0 Å². The zero-order chi connectivity index (χ0) is 13.8. The summed E-state index contributed by atoms with van der Waals surface area (Å²) in [7, 11) is 2.19. The Kier molecular flexibility index (Phi) is 10.4. The average Bonchev–Trinajstić information content (AvgIpc) is 2.43. The molecule has 114 valence electrons. The van der Waals surface area contributed by atoms with Gasteiger partial charge in [-0.1, -0.05) is 19.8 Å². The van der Waals surface area contributed by atoms with Crippen molar-refractivity contribution < 1.29 is 9.47 Å². The van der Waals surface area contributed by atoms with E-state index in [9.17, 15) is 0 Å². The minimum Gasteiger partial charge on any atom is -0.381 e. The largest absolute Gasteiger partial charge is 0.381 e. The first-order chi connectivity index (χ1) is 9.33. The molecule has 0 unspecified atom stereocenters. The summed E-state index contributed by atoms with van der Waals surface area (Å²) in [5, 5.41) is 0. The Morgan fingerprint density at radius 2 is 1.42 bits per heavy atom. The second kappa shape index (κ2) is 11.6. The van der Waals surface area contributed by atoms with Crippen LogP contribution in [-0.2, 0) is 9.47 Å². The molecular formula is C15H32N2O2. The average molecular weight is 272 g/mol. The van der Waals surface area contributed by atoms with E-state index < -0.39 is 0 Å². The predicted octanol–water partition coefficient (Wildman–Crippen LogP) is 1.85. The van der Waals surface area contributed by atoms with Crippen LogP contribution in [-0.4, -0.2) is 76.0 Å². The van der Waals surface area contributed by atoms with Crippen molar-refractivity contribution in [2.75, 3.05) is 66.2 Å². The van der Waals surface area contributed by atoms with E-state index in [1.807, 2.05) is 0 Å². The summed E-state index contributed by atoms with van der Waals surface area (Å²) < 4.78 is 11.2. The topological polar surface area (TPSA) is 24.9 Å². The number of likely N-dealkylation sites (N-methyl/N-ethyl adjacent to an activating group) is 1. The van der Waals surface area contributed by atoms with Gasteiger partial charge in [0.1, 0.15) is 0 Å². The molecule has 19 heavy (non-hydrogen) atoms. The van der Waals surface area contributed by atoms with Gasteiger partial charge in [0, 0.05) is 52.5 Å². The molecule has 0 N–H and O–H groups in total. The highest BCUT2D eigenvalue weighted by Crippen LogP contribution is 1.99. The lowest BCUT2D eigenvalue weighted by molar-refractivity contribution is 0.0604. The standard InChI is InChI=1S/C15H32N2O2/c1-3-4-5-12-18-13-6-14-19-15-11-17-9-7-16(2)8-10-17/h3-15H2,1-2H3. The SMILES string of the molecule is CCCCCOCCCOCCN1CCN(C)CC1. The number of nitrogens with zero attached hydrogens (tertiary/aromatic N) is 2. The summed E-state index contributed by atoms with van der Waals surface area (Å²) in [6, 6.07) is 0. The van der Waals surface area contributed by atoms with Crippen molar-refractivity contribution in [1.29, 1.82) is 0 Å². The summed E-state index contributed by atoms with van der Waals surface area (Å²) in [5.74, 6) is 0. The first-order valence-corrected chi connectivity index (χ1v) is 7.89. The van der Waals surface area contributed by atoms with E-state index in [0.29, 0.717) is 0 Å². The molecule has 4 nitrogen and oxygen atoms in total. The Balaban J connectivity index is 1.76. The van der Waals surface area contributed by atoms with E-state index in [1.54, 1.807) is 0 Å². The predicted molar refractivity (Wildman–Crippen MR) is 79.7 cm³/mol. The fourth-order valence-corrected chi connectivity index (χ4v) is 2.19. The number of unbranched alkanes of at least 4 members (excludes halogenated alkanes) is 2. The highest BCUT2D eigenvalue weighted by molar-refractivity contribution is 4.68. The third kappa shape index (κ3) is 9.38. The first kappa shape index (κ1) is 16.9. The van der Waals surface area contributed by atoms with Crippen LogP contribution in [0.4, 0.5) is 0 Å². The molecule has 4 heteroatoms. The molecule has 0 atom stereocenters. The normalized spacial score (nSPS) is 18.0. The number of piperazine rings is 1. The molecule has 0 amide bonds. The Morgan fingerprint density at radius 1 is 0.789 bits per heavy atom. The second-order valence-corrected chi connectivity index (χ2v) is 5.43. The fourth-order valence-electron chi connectivity index (χ4n) is 2.19. The quantitative estimate of drug-likeness (QED) is 0.536. The molecule has 0 radical (unpaired) electrons. The first-order valence-electron chi connectivity index (χ1n) is 7.89. The van der Waals surface area contributed by atoms with Crippen LogP contribution in [0.25, 0.3) is 0 Å². The lowest BCUT2D eigenvalue weighted by atomic mass is 10.3. The third-order valence-electron chi connectivity index (χ3n) is 3.62. The number of ether oxygens (including phenoxy) is 2. The Labute approximate surface area is 119 Å². The van der Waals surface area contributed by atoms with Crippen LogP contribution in [0.1, 0.15) is 32.6 Å². The van der Waals surface area contributed by atoms with E-state index in [1.165, 1.54) is 45.4 Å². The maximum atomic E-state index is 5.66. The van der Waals surface area contributed by atoms with Crippen LogP contribution < -0.4 is 0 Å². The highest BCUT2D eigenvalue weighted by Gasteiger charge is 2.12. The van der Waals surface area contributed by atoms with Gasteiger partial charge < -0.3 is 14.4 Å². The number of hydrogen-bond acceptors (Lipinski definition) is 4. The molecule has 1 aliphatic rings. The molecule has 1 fully saturated rings. The summed E-state index contributed by atoms with van der Waals surface area (Å²) in [6.07, 6.45) is 4.76. The van der Waals surface area contributed by atoms with E-state index in [0.717, 1.165) is 39.4 Å². The molecule has 1 aliphatic heterocycles. The van der Waals surface area contributed by atoms with Gasteiger partial charge in [-0.15, -0.1) is 0 Å². The molecule has 0 aromatic heterocycles. The molecule has 0 aliphatic carbocycles. The molecule has 0 aromatic rings. The van der Waals surface area contributed by atoms with Crippen molar-refractivity contribution in [1.82, 2.24) is 9.80 Å². The van der Waals surface area contributed by atoms with Crippen molar-refractivity contribution in [3.05, 3.63) is 0 Å². The molecule has 1 saturated heterocycles. The maximum absolute atomic E-state index is 5.66. The second-order valence-electron chi connectivity index (χ2n) is 5.43. The van der Waals surface area contributed by atoms with Gasteiger partial charge in [0.25, 0.3) is 0 Å². The minimum absolute atomic E-state index is 0.835. The van der Waals surface area contributed by atoms with Crippen LogP contribution in [0, 0.1) is 0 Å². The lowest BCUT2D eigenvalue weighted by Crippen LogP contribution is -2.45. The van der Waals surface area contributed by atoms with Gasteiger partial charge in [0.2, 0.25) is 0 Å². The lowest BCUT2D eigenvalue weighted by Gasteiger charge is -2.32. The summed E-state index contributed by atoms with van der Waals surface area (Å²) >= 11 is 0. The van der Waals surface area contributed by atoms with Gasteiger partial charge in [-0.2, -0.15) is 0 Å². The monoisotopic (exact) mass is 272 g/mol.